The molecule has 0 spiro atoms. The zero-order valence-corrected chi connectivity index (χ0v) is 17.9. The Balaban J connectivity index is 1.17. The van der Waals surface area contributed by atoms with Crippen LogP contribution in [0, 0.1) is 0 Å². The van der Waals surface area contributed by atoms with E-state index in [-0.39, 0.29) is 13.6 Å². The van der Waals surface area contributed by atoms with E-state index in [2.05, 4.69) is 16.0 Å². The zero-order chi connectivity index (χ0) is 22.5. The summed E-state index contributed by atoms with van der Waals surface area (Å²) >= 11 is 0. The van der Waals surface area contributed by atoms with Crippen LogP contribution in [-0.4, -0.2) is 33.5 Å². The summed E-state index contributed by atoms with van der Waals surface area (Å²) in [7, 11) is 0. The number of hydrogen-bond donors (Lipinski definition) is 2. The molecule has 7 rings (SSSR count). The van der Waals surface area contributed by atoms with Gasteiger partial charge in [-0.05, 0) is 42.5 Å². The second-order valence-electron chi connectivity index (χ2n) is 7.99. The van der Waals surface area contributed by atoms with Gasteiger partial charge >= 0.3 is 0 Å². The summed E-state index contributed by atoms with van der Waals surface area (Å²) in [5.74, 6) is 4.50. The summed E-state index contributed by atoms with van der Waals surface area (Å²) < 4.78 is 21.8. The van der Waals surface area contributed by atoms with Gasteiger partial charge in [-0.3, -0.25) is 0 Å². The molecule has 3 aromatic carbocycles. The fraction of sp³-hybridized carbons (Fsp3) is 0.0769. The molecule has 0 aliphatic carbocycles. The highest BCUT2D eigenvalue weighted by atomic mass is 16.7. The molecule has 8 nitrogen and oxygen atoms in total. The number of aromatic amines is 2. The number of aromatic nitrogens is 4. The lowest BCUT2D eigenvalue weighted by atomic mass is 10.1. The van der Waals surface area contributed by atoms with Gasteiger partial charge in [-0.2, -0.15) is 0 Å². The summed E-state index contributed by atoms with van der Waals surface area (Å²) in [5, 5.41) is 0. The Bertz CT molecular complexity index is 1430. The van der Waals surface area contributed by atoms with Crippen molar-refractivity contribution in [2.75, 3.05) is 13.6 Å². The van der Waals surface area contributed by atoms with E-state index in [1.54, 1.807) is 0 Å². The molecule has 4 heterocycles. The average molecular weight is 450 g/mol. The van der Waals surface area contributed by atoms with E-state index in [0.29, 0.717) is 0 Å². The van der Waals surface area contributed by atoms with E-state index in [4.69, 9.17) is 28.9 Å². The Morgan fingerprint density at radius 1 is 0.529 bits per heavy atom. The summed E-state index contributed by atoms with van der Waals surface area (Å²) in [6.07, 6.45) is 3.81. The van der Waals surface area contributed by atoms with Gasteiger partial charge in [-0.1, -0.05) is 18.2 Å². The molecule has 2 aliphatic heterocycles. The quantitative estimate of drug-likeness (QED) is 0.388. The Morgan fingerprint density at radius 3 is 1.56 bits per heavy atom. The third kappa shape index (κ3) is 3.15. The predicted octanol–water partition coefficient (Wildman–Crippen LogP) is 5.26. The minimum absolute atomic E-state index is 0.249. The van der Waals surface area contributed by atoms with Crippen molar-refractivity contribution in [2.24, 2.45) is 0 Å². The van der Waals surface area contributed by atoms with Gasteiger partial charge in [0, 0.05) is 34.6 Å². The molecular formula is C26H18N4O4. The molecule has 0 radical (unpaired) electrons. The van der Waals surface area contributed by atoms with E-state index in [1.165, 1.54) is 0 Å². The molecule has 8 heteroatoms. The molecule has 2 aliphatic rings. The van der Waals surface area contributed by atoms with Crippen LogP contribution >= 0.6 is 0 Å². The van der Waals surface area contributed by atoms with Crippen molar-refractivity contribution < 1.29 is 18.9 Å². The van der Waals surface area contributed by atoms with Crippen molar-refractivity contribution in [1.82, 2.24) is 19.9 Å². The average Bonchev–Trinajstić information content (AvgIpc) is 3.69. The fourth-order valence-electron chi connectivity index (χ4n) is 4.16. The molecule has 0 bridgehead atoms. The van der Waals surface area contributed by atoms with Crippen LogP contribution in [0.3, 0.4) is 0 Å². The van der Waals surface area contributed by atoms with Crippen molar-refractivity contribution in [3.8, 4) is 68.3 Å². The Labute approximate surface area is 194 Å². The third-order valence-corrected chi connectivity index (χ3v) is 5.90. The molecule has 0 fully saturated rings. The Morgan fingerprint density at radius 2 is 1.03 bits per heavy atom. The molecule has 0 saturated heterocycles. The van der Waals surface area contributed by atoms with Crippen molar-refractivity contribution in [2.45, 2.75) is 0 Å². The standard InChI is InChI=1S/C26H18N4O4/c1-2-15(19-11-27-25(29-19)17-4-6-21-23(9-17)33-13-31-21)8-16(3-1)20-12-28-26(30-20)18-5-7-22-24(10-18)34-14-32-22/h1-12H,13-14H2,(H,27,29)(H,28,30). The first-order chi connectivity index (χ1) is 16.8. The first-order valence-corrected chi connectivity index (χ1v) is 10.8. The lowest BCUT2D eigenvalue weighted by molar-refractivity contribution is 0.173. The molecular weight excluding hydrogens is 432 g/mol. The molecule has 5 aromatic rings. The van der Waals surface area contributed by atoms with E-state index >= 15 is 0 Å². The SMILES string of the molecule is c1cc(-c2c[nH]c(-c3ccc4c(c3)OCO4)n2)cc(-c2c[nH]c(-c3ccc4c(c3)OCO4)n2)c1. The molecule has 0 saturated carbocycles. The summed E-state index contributed by atoms with van der Waals surface area (Å²) in [5.41, 5.74) is 5.56. The van der Waals surface area contributed by atoms with Gasteiger partial charge in [0.25, 0.3) is 0 Å². The topological polar surface area (TPSA) is 94.3 Å². The van der Waals surface area contributed by atoms with Gasteiger partial charge in [0.2, 0.25) is 13.6 Å². The van der Waals surface area contributed by atoms with Crippen LogP contribution in [0.1, 0.15) is 0 Å². The van der Waals surface area contributed by atoms with Gasteiger partial charge in [0.05, 0.1) is 11.4 Å². The molecule has 0 amide bonds. The third-order valence-electron chi connectivity index (χ3n) is 5.90. The number of benzene rings is 3. The molecule has 0 atom stereocenters. The second kappa shape index (κ2) is 7.41. The molecule has 0 unspecified atom stereocenters. The number of nitrogens with one attached hydrogen (secondary N) is 2. The van der Waals surface area contributed by atoms with Crippen molar-refractivity contribution >= 4 is 0 Å². The van der Waals surface area contributed by atoms with Gasteiger partial charge in [0.1, 0.15) is 11.6 Å². The van der Waals surface area contributed by atoms with E-state index < -0.39 is 0 Å². The maximum atomic E-state index is 5.49. The highest BCUT2D eigenvalue weighted by Crippen LogP contribution is 2.37. The molecule has 2 aromatic heterocycles. The number of fused-ring (bicyclic) bond motifs is 2. The molecule has 166 valence electrons. The molecule has 34 heavy (non-hydrogen) atoms. The maximum Gasteiger partial charge on any atom is 0.231 e. The largest absolute Gasteiger partial charge is 0.454 e. The maximum absolute atomic E-state index is 5.49. The molecule has 2 N–H and O–H groups in total. The zero-order valence-electron chi connectivity index (χ0n) is 17.9. The highest BCUT2D eigenvalue weighted by Gasteiger charge is 2.17. The number of imidazole rings is 2. The van der Waals surface area contributed by atoms with Crippen LogP contribution in [-0.2, 0) is 0 Å². The van der Waals surface area contributed by atoms with Crippen LogP contribution in [0.2, 0.25) is 0 Å². The number of H-pyrrole nitrogens is 2. The normalized spacial score (nSPS) is 13.4. The smallest absolute Gasteiger partial charge is 0.231 e. The van der Waals surface area contributed by atoms with Crippen molar-refractivity contribution in [3.63, 3.8) is 0 Å². The van der Waals surface area contributed by atoms with Gasteiger partial charge in [0.15, 0.2) is 23.0 Å². The van der Waals surface area contributed by atoms with E-state index in [0.717, 1.165) is 68.3 Å². The monoisotopic (exact) mass is 450 g/mol. The van der Waals surface area contributed by atoms with Gasteiger partial charge in [-0.15, -0.1) is 0 Å². The van der Waals surface area contributed by atoms with Gasteiger partial charge < -0.3 is 28.9 Å². The lowest BCUT2D eigenvalue weighted by Crippen LogP contribution is -1.92. The van der Waals surface area contributed by atoms with Crippen molar-refractivity contribution in [3.05, 3.63) is 73.1 Å². The number of rotatable bonds is 4. The van der Waals surface area contributed by atoms with Crippen molar-refractivity contribution in [1.29, 1.82) is 0 Å². The number of nitrogens with zero attached hydrogens (tertiary/aromatic N) is 2. The van der Waals surface area contributed by atoms with Crippen LogP contribution in [0.15, 0.2) is 73.1 Å². The Hall–Kier alpha value is -4.72. The number of ether oxygens (including phenoxy) is 4. The predicted molar refractivity (Wildman–Crippen MR) is 125 cm³/mol. The summed E-state index contributed by atoms with van der Waals surface area (Å²) in [6, 6.07) is 19.8. The van der Waals surface area contributed by atoms with E-state index in [9.17, 15) is 0 Å². The minimum atomic E-state index is 0.249. The van der Waals surface area contributed by atoms with Crippen LogP contribution in [0.4, 0.5) is 0 Å². The lowest BCUT2D eigenvalue weighted by Gasteiger charge is -2.02. The minimum Gasteiger partial charge on any atom is -0.454 e. The number of hydrogen-bond acceptors (Lipinski definition) is 6. The fourth-order valence-corrected chi connectivity index (χ4v) is 4.16. The summed E-state index contributed by atoms with van der Waals surface area (Å²) in [6.45, 7) is 0.497. The highest BCUT2D eigenvalue weighted by molar-refractivity contribution is 5.73. The first-order valence-electron chi connectivity index (χ1n) is 10.8. The van der Waals surface area contributed by atoms with Crippen LogP contribution < -0.4 is 18.9 Å². The first kappa shape index (κ1) is 18.8. The second-order valence-corrected chi connectivity index (χ2v) is 7.99. The summed E-state index contributed by atoms with van der Waals surface area (Å²) in [4.78, 5) is 16.1. The van der Waals surface area contributed by atoms with Gasteiger partial charge in [-0.25, -0.2) is 9.97 Å². The van der Waals surface area contributed by atoms with Crippen LogP contribution in [0.5, 0.6) is 23.0 Å². The van der Waals surface area contributed by atoms with Crippen LogP contribution in [0.25, 0.3) is 45.3 Å². The van der Waals surface area contributed by atoms with E-state index in [1.807, 2.05) is 67.0 Å². The Kier molecular flexibility index (Phi) is 4.10.